The quantitative estimate of drug-likeness (QED) is 0.750. The summed E-state index contributed by atoms with van der Waals surface area (Å²) in [5, 5.41) is 5.55. The molecular weight excluding hydrogens is 325 g/mol. The van der Waals surface area contributed by atoms with Crippen molar-refractivity contribution in [1.82, 2.24) is 0 Å². The third-order valence-electron chi connectivity index (χ3n) is 3.70. The number of nitrogens with one attached hydrogen (secondary N) is 2. The van der Waals surface area contributed by atoms with E-state index in [0.29, 0.717) is 22.7 Å². The van der Waals surface area contributed by atoms with Gasteiger partial charge >= 0.3 is 0 Å². The highest BCUT2D eigenvalue weighted by Crippen LogP contribution is 2.25. The van der Waals surface area contributed by atoms with Crippen LogP contribution in [0.4, 0.5) is 15.8 Å². The van der Waals surface area contributed by atoms with Crippen LogP contribution in [0.3, 0.4) is 0 Å². The molecule has 0 saturated carbocycles. The number of benzene rings is 2. The summed E-state index contributed by atoms with van der Waals surface area (Å²) in [5.74, 6) is -1.11. The molecule has 0 fully saturated rings. The number of aryl methyl sites for hydroxylation is 1. The van der Waals surface area contributed by atoms with E-state index < -0.39 is 11.7 Å². The molecule has 0 unspecified atom stereocenters. The maximum Gasteiger partial charge on any atom is 0.248 e. The molecule has 0 radical (unpaired) electrons. The van der Waals surface area contributed by atoms with Gasteiger partial charge in [0.1, 0.15) is 11.6 Å². The molecule has 0 aliphatic rings. The molecule has 0 bridgehead atoms. The van der Waals surface area contributed by atoms with Gasteiger partial charge in [0.2, 0.25) is 11.8 Å². The van der Waals surface area contributed by atoms with Crippen LogP contribution in [-0.2, 0) is 4.79 Å². The molecule has 2 amide bonds. The largest absolute Gasteiger partial charge is 0.495 e. The molecule has 6 nitrogen and oxygen atoms in total. The number of anilines is 2. The van der Waals surface area contributed by atoms with Crippen molar-refractivity contribution in [3.8, 4) is 5.75 Å². The van der Waals surface area contributed by atoms with Gasteiger partial charge < -0.3 is 21.1 Å². The molecule has 0 aliphatic carbocycles. The molecule has 2 rings (SSSR count). The predicted octanol–water partition coefficient (Wildman–Crippen LogP) is 2.60. The van der Waals surface area contributed by atoms with E-state index in [1.165, 1.54) is 13.2 Å². The number of carbonyl (C=O) groups is 2. The van der Waals surface area contributed by atoms with Gasteiger partial charge in [-0.2, -0.15) is 0 Å². The summed E-state index contributed by atoms with van der Waals surface area (Å²) in [5.41, 5.74) is 7.36. The smallest absolute Gasteiger partial charge is 0.248 e. The van der Waals surface area contributed by atoms with E-state index >= 15 is 0 Å². The standard InChI is InChI=1S/C18H20FN3O3/c1-10-4-5-16(25-3)15(6-10)22-17(23)9-21-14-8-12(18(20)24)7-13(19)11(14)2/h4-8,21H,9H2,1-3H3,(H2,20,24)(H,22,23). The minimum Gasteiger partial charge on any atom is -0.495 e. The van der Waals surface area contributed by atoms with Crippen molar-refractivity contribution in [2.45, 2.75) is 13.8 Å². The fourth-order valence-corrected chi connectivity index (χ4v) is 2.29. The van der Waals surface area contributed by atoms with Crippen LogP contribution in [0.15, 0.2) is 30.3 Å². The van der Waals surface area contributed by atoms with Gasteiger partial charge in [0.25, 0.3) is 0 Å². The van der Waals surface area contributed by atoms with Crippen LogP contribution in [0, 0.1) is 19.7 Å². The number of rotatable bonds is 6. The van der Waals surface area contributed by atoms with Crippen molar-refractivity contribution in [2.75, 3.05) is 24.3 Å². The van der Waals surface area contributed by atoms with Crippen LogP contribution >= 0.6 is 0 Å². The molecule has 0 heterocycles. The topological polar surface area (TPSA) is 93.4 Å². The number of hydrogen-bond donors (Lipinski definition) is 3. The molecule has 0 spiro atoms. The van der Waals surface area contributed by atoms with Crippen molar-refractivity contribution in [3.63, 3.8) is 0 Å². The number of halogens is 1. The zero-order valence-electron chi connectivity index (χ0n) is 14.3. The van der Waals surface area contributed by atoms with Gasteiger partial charge in [0.05, 0.1) is 19.3 Å². The first-order chi connectivity index (χ1) is 11.8. The summed E-state index contributed by atoms with van der Waals surface area (Å²) < 4.78 is 19.1. The molecule has 2 aromatic rings. The molecule has 25 heavy (non-hydrogen) atoms. The van der Waals surface area contributed by atoms with Crippen LogP contribution in [0.5, 0.6) is 5.75 Å². The van der Waals surface area contributed by atoms with Gasteiger partial charge in [-0.15, -0.1) is 0 Å². The van der Waals surface area contributed by atoms with Gasteiger partial charge in [-0.3, -0.25) is 9.59 Å². The second kappa shape index (κ2) is 7.65. The molecule has 7 heteroatoms. The van der Waals surface area contributed by atoms with Crippen molar-refractivity contribution in [1.29, 1.82) is 0 Å². The van der Waals surface area contributed by atoms with Crippen molar-refractivity contribution in [3.05, 3.63) is 52.8 Å². The first-order valence-electron chi connectivity index (χ1n) is 7.60. The Morgan fingerprint density at radius 1 is 1.16 bits per heavy atom. The Morgan fingerprint density at radius 3 is 2.52 bits per heavy atom. The number of amides is 2. The Hall–Kier alpha value is -3.09. The highest BCUT2D eigenvalue weighted by atomic mass is 19.1. The summed E-state index contributed by atoms with van der Waals surface area (Å²) in [7, 11) is 1.51. The number of nitrogens with two attached hydrogens (primary N) is 1. The van der Waals surface area contributed by atoms with Crippen LogP contribution in [0.1, 0.15) is 21.5 Å². The van der Waals surface area contributed by atoms with Gasteiger partial charge in [-0.05, 0) is 43.7 Å². The van der Waals surface area contributed by atoms with E-state index in [2.05, 4.69) is 10.6 Å². The minimum absolute atomic E-state index is 0.0337. The van der Waals surface area contributed by atoms with Crippen LogP contribution < -0.4 is 21.1 Å². The summed E-state index contributed by atoms with van der Waals surface area (Å²) in [4.78, 5) is 23.4. The van der Waals surface area contributed by atoms with Crippen LogP contribution in [-0.4, -0.2) is 25.5 Å². The maximum absolute atomic E-state index is 13.8. The first-order valence-corrected chi connectivity index (χ1v) is 7.60. The monoisotopic (exact) mass is 345 g/mol. The summed E-state index contributed by atoms with van der Waals surface area (Å²) in [6.07, 6.45) is 0. The number of methoxy groups -OCH3 is 1. The van der Waals surface area contributed by atoms with E-state index in [4.69, 9.17) is 10.5 Å². The van der Waals surface area contributed by atoms with Crippen molar-refractivity contribution < 1.29 is 18.7 Å². The molecule has 0 atom stereocenters. The lowest BCUT2D eigenvalue weighted by Gasteiger charge is -2.13. The Balaban J connectivity index is 2.10. The molecule has 0 saturated heterocycles. The van der Waals surface area contributed by atoms with E-state index in [1.54, 1.807) is 19.1 Å². The second-order valence-corrected chi connectivity index (χ2v) is 5.60. The lowest BCUT2D eigenvalue weighted by molar-refractivity contribution is -0.114. The highest BCUT2D eigenvalue weighted by molar-refractivity contribution is 5.96. The summed E-state index contributed by atoms with van der Waals surface area (Å²) in [6, 6.07) is 7.90. The van der Waals surface area contributed by atoms with E-state index in [-0.39, 0.29) is 18.0 Å². The van der Waals surface area contributed by atoms with Gasteiger partial charge in [-0.25, -0.2) is 4.39 Å². The third-order valence-corrected chi connectivity index (χ3v) is 3.70. The van der Waals surface area contributed by atoms with Gasteiger partial charge in [0, 0.05) is 16.8 Å². The maximum atomic E-state index is 13.8. The first kappa shape index (κ1) is 18.3. The normalized spacial score (nSPS) is 10.2. The van der Waals surface area contributed by atoms with E-state index in [1.807, 2.05) is 13.0 Å². The third kappa shape index (κ3) is 4.47. The Morgan fingerprint density at radius 2 is 1.88 bits per heavy atom. The molecule has 0 aromatic heterocycles. The van der Waals surface area contributed by atoms with E-state index in [0.717, 1.165) is 11.6 Å². The number of primary amides is 1. The molecule has 2 aromatic carbocycles. The Bertz CT molecular complexity index is 821. The summed E-state index contributed by atoms with van der Waals surface area (Å²) >= 11 is 0. The van der Waals surface area contributed by atoms with Crippen molar-refractivity contribution in [2.24, 2.45) is 5.73 Å². The van der Waals surface area contributed by atoms with Crippen LogP contribution in [0.25, 0.3) is 0 Å². The van der Waals surface area contributed by atoms with Gasteiger partial charge in [-0.1, -0.05) is 6.07 Å². The predicted molar refractivity (Wildman–Crippen MR) is 94.5 cm³/mol. The lowest BCUT2D eigenvalue weighted by atomic mass is 10.1. The lowest BCUT2D eigenvalue weighted by Crippen LogP contribution is -2.23. The van der Waals surface area contributed by atoms with E-state index in [9.17, 15) is 14.0 Å². The molecule has 0 aliphatic heterocycles. The number of hydrogen-bond acceptors (Lipinski definition) is 4. The zero-order valence-corrected chi connectivity index (χ0v) is 14.3. The Kier molecular flexibility index (Phi) is 5.59. The van der Waals surface area contributed by atoms with Crippen molar-refractivity contribution >= 4 is 23.2 Å². The zero-order chi connectivity index (χ0) is 18.6. The fraction of sp³-hybridized carbons (Fsp3) is 0.222. The fourth-order valence-electron chi connectivity index (χ4n) is 2.29. The van der Waals surface area contributed by atoms with Crippen LogP contribution in [0.2, 0.25) is 0 Å². The Labute approximate surface area is 145 Å². The average molecular weight is 345 g/mol. The molecular formula is C18H20FN3O3. The molecule has 132 valence electrons. The highest BCUT2D eigenvalue weighted by Gasteiger charge is 2.12. The summed E-state index contributed by atoms with van der Waals surface area (Å²) in [6.45, 7) is 3.33. The van der Waals surface area contributed by atoms with Gasteiger partial charge in [0.15, 0.2) is 0 Å². The molecule has 4 N–H and O–H groups in total. The minimum atomic E-state index is -0.740. The number of ether oxygens (including phenoxy) is 1. The number of carbonyl (C=O) groups excluding carboxylic acids is 2. The SMILES string of the molecule is COc1ccc(C)cc1NC(=O)CNc1cc(C(N)=O)cc(F)c1C. The second-order valence-electron chi connectivity index (χ2n) is 5.60. The average Bonchev–Trinajstić information content (AvgIpc) is 2.56.